The topological polar surface area (TPSA) is 37.8 Å². The summed E-state index contributed by atoms with van der Waals surface area (Å²) in [4.78, 5) is 3.16. The zero-order chi connectivity index (χ0) is 11.7. The zero-order valence-corrected chi connectivity index (χ0v) is 11.0. The van der Waals surface area contributed by atoms with Crippen molar-refractivity contribution >= 4 is 34.1 Å². The van der Waals surface area contributed by atoms with Gasteiger partial charge in [0.15, 0.2) is 4.77 Å². The third-order valence-corrected chi connectivity index (χ3v) is 3.61. The first-order valence-corrected chi connectivity index (χ1v) is 7.20. The standard InChI is InChI=1S/C11H14N2OS2/c1-8-3-4-9-10(7-8)13(11(15)12-9)5-6-16(2)14/h3-4,7H,5-6H2,1-2H3,(H,12,15). The Bertz CT molecular complexity index is 598. The number of nitrogens with zero attached hydrogens (tertiary/aromatic N) is 1. The van der Waals surface area contributed by atoms with Crippen molar-refractivity contribution in [1.29, 1.82) is 0 Å². The molecule has 0 aliphatic carbocycles. The van der Waals surface area contributed by atoms with Crippen LogP contribution < -0.4 is 0 Å². The Hall–Kier alpha value is -0.940. The van der Waals surface area contributed by atoms with E-state index in [4.69, 9.17) is 12.2 Å². The molecule has 1 aromatic carbocycles. The molecule has 5 heteroatoms. The van der Waals surface area contributed by atoms with Crippen molar-refractivity contribution in [2.45, 2.75) is 13.5 Å². The molecule has 86 valence electrons. The summed E-state index contributed by atoms with van der Waals surface area (Å²) in [6, 6.07) is 6.18. The molecular formula is C11H14N2OS2. The Balaban J connectivity index is 2.50. The quantitative estimate of drug-likeness (QED) is 0.854. The molecule has 1 N–H and O–H groups in total. The van der Waals surface area contributed by atoms with E-state index in [0.29, 0.717) is 17.1 Å². The Morgan fingerprint density at radius 3 is 2.94 bits per heavy atom. The van der Waals surface area contributed by atoms with E-state index in [9.17, 15) is 4.21 Å². The highest BCUT2D eigenvalue weighted by Gasteiger charge is 2.04. The van der Waals surface area contributed by atoms with Crippen LogP contribution in [0.15, 0.2) is 18.2 Å². The van der Waals surface area contributed by atoms with Crippen LogP contribution in [-0.4, -0.2) is 25.8 Å². The third kappa shape index (κ3) is 2.25. The summed E-state index contributed by atoms with van der Waals surface area (Å²) in [6.07, 6.45) is 1.71. The summed E-state index contributed by atoms with van der Waals surface area (Å²) < 4.78 is 13.8. The molecule has 3 nitrogen and oxygen atoms in total. The van der Waals surface area contributed by atoms with Gasteiger partial charge in [-0.3, -0.25) is 4.21 Å². The lowest BCUT2D eigenvalue weighted by Gasteiger charge is -2.03. The summed E-state index contributed by atoms with van der Waals surface area (Å²) in [5.41, 5.74) is 3.33. The van der Waals surface area contributed by atoms with Crippen LogP contribution in [0.4, 0.5) is 0 Å². The second kappa shape index (κ2) is 4.51. The summed E-state index contributed by atoms with van der Waals surface area (Å²) in [5, 5.41) is 0. The number of aromatic amines is 1. The largest absolute Gasteiger partial charge is 0.331 e. The number of fused-ring (bicyclic) bond motifs is 1. The first kappa shape index (κ1) is 11.5. The maximum absolute atomic E-state index is 11.1. The molecule has 1 unspecified atom stereocenters. The number of hydrogen-bond donors (Lipinski definition) is 1. The minimum Gasteiger partial charge on any atom is -0.331 e. The predicted octanol–water partition coefficient (Wildman–Crippen LogP) is 2.39. The average Bonchev–Trinajstić information content (AvgIpc) is 2.51. The first-order valence-electron chi connectivity index (χ1n) is 5.07. The molecule has 0 fully saturated rings. The highest BCUT2D eigenvalue weighted by atomic mass is 32.2. The first-order chi connectivity index (χ1) is 7.58. The van der Waals surface area contributed by atoms with E-state index in [2.05, 4.69) is 24.0 Å². The van der Waals surface area contributed by atoms with E-state index >= 15 is 0 Å². The van der Waals surface area contributed by atoms with Crippen molar-refractivity contribution in [3.8, 4) is 0 Å². The maximum atomic E-state index is 11.1. The van der Waals surface area contributed by atoms with E-state index < -0.39 is 10.8 Å². The fourth-order valence-corrected chi connectivity index (χ4v) is 2.44. The summed E-state index contributed by atoms with van der Waals surface area (Å²) in [7, 11) is -0.788. The molecule has 0 saturated carbocycles. The minimum absolute atomic E-state index is 0.634. The molecule has 2 aromatic rings. The Kier molecular flexibility index (Phi) is 3.25. The molecule has 2 rings (SSSR count). The highest BCUT2D eigenvalue weighted by molar-refractivity contribution is 7.84. The van der Waals surface area contributed by atoms with E-state index in [1.807, 2.05) is 10.6 Å². The highest BCUT2D eigenvalue weighted by Crippen LogP contribution is 2.15. The van der Waals surface area contributed by atoms with Gasteiger partial charge in [0.25, 0.3) is 0 Å². The number of H-pyrrole nitrogens is 1. The monoisotopic (exact) mass is 254 g/mol. The van der Waals surface area contributed by atoms with Crippen LogP contribution in [0.3, 0.4) is 0 Å². The molecule has 1 heterocycles. The van der Waals surface area contributed by atoms with Crippen LogP contribution in [0.25, 0.3) is 11.0 Å². The van der Waals surface area contributed by atoms with Gasteiger partial charge in [0, 0.05) is 29.4 Å². The number of nitrogens with one attached hydrogen (secondary N) is 1. The summed E-state index contributed by atoms with van der Waals surface area (Å²) >= 11 is 5.26. The van der Waals surface area contributed by atoms with Crippen molar-refractivity contribution in [3.63, 3.8) is 0 Å². The van der Waals surface area contributed by atoms with Crippen molar-refractivity contribution in [2.24, 2.45) is 0 Å². The average molecular weight is 254 g/mol. The van der Waals surface area contributed by atoms with Crippen LogP contribution in [0.5, 0.6) is 0 Å². The number of rotatable bonds is 3. The molecule has 0 bridgehead atoms. The number of aryl methyl sites for hydroxylation is 2. The molecule has 0 aliphatic heterocycles. The van der Waals surface area contributed by atoms with Crippen LogP contribution in [0.2, 0.25) is 0 Å². The Morgan fingerprint density at radius 1 is 1.50 bits per heavy atom. The van der Waals surface area contributed by atoms with E-state index in [1.165, 1.54) is 5.56 Å². The number of imidazole rings is 1. The molecule has 0 aliphatic rings. The van der Waals surface area contributed by atoms with Crippen molar-refractivity contribution < 1.29 is 4.21 Å². The molecular weight excluding hydrogens is 240 g/mol. The second-order valence-electron chi connectivity index (χ2n) is 3.88. The van der Waals surface area contributed by atoms with Gasteiger partial charge >= 0.3 is 0 Å². The Morgan fingerprint density at radius 2 is 2.25 bits per heavy atom. The number of benzene rings is 1. The molecule has 1 aromatic heterocycles. The minimum atomic E-state index is -0.788. The normalized spacial score (nSPS) is 13.1. The van der Waals surface area contributed by atoms with Crippen LogP contribution in [0.1, 0.15) is 5.56 Å². The predicted molar refractivity (Wildman–Crippen MR) is 70.8 cm³/mol. The van der Waals surface area contributed by atoms with Crippen molar-refractivity contribution in [1.82, 2.24) is 9.55 Å². The molecule has 16 heavy (non-hydrogen) atoms. The van der Waals surface area contributed by atoms with Crippen molar-refractivity contribution in [2.75, 3.05) is 12.0 Å². The van der Waals surface area contributed by atoms with Crippen LogP contribution >= 0.6 is 12.2 Å². The zero-order valence-electron chi connectivity index (χ0n) is 9.32. The van der Waals surface area contributed by atoms with E-state index in [1.54, 1.807) is 6.26 Å². The van der Waals surface area contributed by atoms with Crippen LogP contribution in [0, 0.1) is 11.7 Å². The van der Waals surface area contributed by atoms with Gasteiger partial charge in [-0.15, -0.1) is 0 Å². The van der Waals surface area contributed by atoms with Gasteiger partial charge in [0.2, 0.25) is 0 Å². The molecule has 0 spiro atoms. The van der Waals surface area contributed by atoms with Crippen LogP contribution in [-0.2, 0) is 17.3 Å². The summed E-state index contributed by atoms with van der Waals surface area (Å²) in [5.74, 6) is 0.634. The Labute approximate surface area is 102 Å². The van der Waals surface area contributed by atoms with E-state index in [-0.39, 0.29) is 0 Å². The lowest BCUT2D eigenvalue weighted by molar-refractivity contribution is 0.678. The second-order valence-corrected chi connectivity index (χ2v) is 5.82. The fourth-order valence-electron chi connectivity index (χ4n) is 1.70. The fraction of sp³-hybridized carbons (Fsp3) is 0.364. The molecule has 0 amide bonds. The van der Waals surface area contributed by atoms with Gasteiger partial charge in [-0.2, -0.15) is 0 Å². The number of hydrogen-bond acceptors (Lipinski definition) is 2. The van der Waals surface area contributed by atoms with Crippen molar-refractivity contribution in [3.05, 3.63) is 28.5 Å². The lowest BCUT2D eigenvalue weighted by atomic mass is 10.2. The van der Waals surface area contributed by atoms with Gasteiger partial charge < -0.3 is 9.55 Å². The van der Waals surface area contributed by atoms with Gasteiger partial charge in [0.05, 0.1) is 11.0 Å². The smallest absolute Gasteiger partial charge is 0.178 e. The van der Waals surface area contributed by atoms with Gasteiger partial charge in [0.1, 0.15) is 0 Å². The molecule has 1 atom stereocenters. The molecule has 0 saturated heterocycles. The van der Waals surface area contributed by atoms with Gasteiger partial charge in [-0.25, -0.2) is 0 Å². The third-order valence-electron chi connectivity index (χ3n) is 2.53. The lowest BCUT2D eigenvalue weighted by Crippen LogP contribution is -2.06. The van der Waals surface area contributed by atoms with E-state index in [0.717, 1.165) is 11.0 Å². The summed E-state index contributed by atoms with van der Waals surface area (Å²) in [6.45, 7) is 2.75. The van der Waals surface area contributed by atoms with Gasteiger partial charge in [-0.1, -0.05) is 6.07 Å². The number of aromatic nitrogens is 2. The SMILES string of the molecule is Cc1ccc2[nH]c(=S)n(CCS(C)=O)c2c1. The maximum Gasteiger partial charge on any atom is 0.178 e. The molecule has 0 radical (unpaired) electrons. The van der Waals surface area contributed by atoms with Gasteiger partial charge in [-0.05, 0) is 36.8 Å².